The molecule has 0 spiro atoms. The second kappa shape index (κ2) is 7.29. The number of ether oxygens (including phenoxy) is 1. The summed E-state index contributed by atoms with van der Waals surface area (Å²) in [5, 5.41) is 3.17. The Morgan fingerprint density at radius 2 is 2.15 bits per heavy atom. The number of hydrogen-bond donors (Lipinski definition) is 1. The van der Waals surface area contributed by atoms with Crippen molar-refractivity contribution in [2.75, 3.05) is 26.7 Å². The smallest absolute Gasteiger partial charge is 0.227 e. The van der Waals surface area contributed by atoms with Crippen LogP contribution in [0.5, 0.6) is 5.75 Å². The number of rotatable bonds is 6. The first-order valence-electron chi connectivity index (χ1n) is 7.40. The normalized spacial score (nSPS) is 18.3. The molecule has 110 valence electrons. The molecule has 0 bridgehead atoms. The van der Waals surface area contributed by atoms with Crippen molar-refractivity contribution in [3.63, 3.8) is 0 Å². The van der Waals surface area contributed by atoms with Gasteiger partial charge in [-0.15, -0.1) is 0 Å². The average Bonchev–Trinajstić information content (AvgIpc) is 2.90. The Hall–Kier alpha value is -1.55. The average molecular weight is 276 g/mol. The van der Waals surface area contributed by atoms with Crippen LogP contribution in [0.3, 0.4) is 0 Å². The van der Waals surface area contributed by atoms with E-state index in [9.17, 15) is 4.79 Å². The van der Waals surface area contributed by atoms with Gasteiger partial charge in [-0.25, -0.2) is 0 Å². The molecular weight excluding hydrogens is 252 g/mol. The van der Waals surface area contributed by atoms with Crippen LogP contribution in [0.2, 0.25) is 0 Å². The zero-order valence-electron chi connectivity index (χ0n) is 12.4. The molecule has 1 saturated heterocycles. The molecule has 1 amide bonds. The predicted molar refractivity (Wildman–Crippen MR) is 80.0 cm³/mol. The van der Waals surface area contributed by atoms with Crippen LogP contribution in [0.25, 0.3) is 0 Å². The molecule has 0 aliphatic carbocycles. The first kappa shape index (κ1) is 14.9. The second-order valence-electron chi connectivity index (χ2n) is 5.19. The molecule has 4 heteroatoms. The Morgan fingerprint density at radius 3 is 2.80 bits per heavy atom. The Bertz CT molecular complexity index is 431. The van der Waals surface area contributed by atoms with Crippen LogP contribution in [0.4, 0.5) is 0 Å². The van der Waals surface area contributed by atoms with Gasteiger partial charge in [0.2, 0.25) is 5.91 Å². The molecule has 20 heavy (non-hydrogen) atoms. The molecule has 2 rings (SSSR count). The van der Waals surface area contributed by atoms with Gasteiger partial charge in [0.1, 0.15) is 5.75 Å². The fourth-order valence-electron chi connectivity index (χ4n) is 2.76. The van der Waals surface area contributed by atoms with Crippen LogP contribution in [-0.2, 0) is 11.2 Å². The van der Waals surface area contributed by atoms with Gasteiger partial charge in [0.05, 0.1) is 13.0 Å². The van der Waals surface area contributed by atoms with Gasteiger partial charge in [-0.05, 0) is 44.5 Å². The summed E-state index contributed by atoms with van der Waals surface area (Å²) < 4.78 is 5.41. The Kier molecular flexibility index (Phi) is 5.41. The highest BCUT2D eigenvalue weighted by Gasteiger charge is 2.27. The maximum Gasteiger partial charge on any atom is 0.227 e. The standard InChI is InChI=1S/C16H24N2O2/c1-3-20-15-8-6-13(7-9-15)11-16(19)18-10-4-5-14(18)12-17-2/h6-9,14,17H,3-5,10-12H2,1-2H3. The summed E-state index contributed by atoms with van der Waals surface area (Å²) in [5.41, 5.74) is 1.05. The highest BCUT2D eigenvalue weighted by atomic mass is 16.5. The van der Waals surface area contributed by atoms with Crippen molar-refractivity contribution >= 4 is 5.91 Å². The lowest BCUT2D eigenvalue weighted by molar-refractivity contribution is -0.131. The zero-order chi connectivity index (χ0) is 14.4. The fourth-order valence-corrected chi connectivity index (χ4v) is 2.76. The summed E-state index contributed by atoms with van der Waals surface area (Å²) in [4.78, 5) is 14.4. The van der Waals surface area contributed by atoms with E-state index >= 15 is 0 Å². The van der Waals surface area contributed by atoms with Crippen molar-refractivity contribution in [2.24, 2.45) is 0 Å². The summed E-state index contributed by atoms with van der Waals surface area (Å²) in [6.45, 7) is 4.40. The number of hydrogen-bond acceptors (Lipinski definition) is 3. The largest absolute Gasteiger partial charge is 0.494 e. The van der Waals surface area contributed by atoms with Crippen molar-refractivity contribution in [1.82, 2.24) is 10.2 Å². The molecule has 4 nitrogen and oxygen atoms in total. The third kappa shape index (κ3) is 3.73. The molecular formula is C16H24N2O2. The van der Waals surface area contributed by atoms with Crippen LogP contribution >= 0.6 is 0 Å². The third-order valence-corrected chi connectivity index (χ3v) is 3.73. The minimum Gasteiger partial charge on any atom is -0.494 e. The summed E-state index contributed by atoms with van der Waals surface area (Å²) in [7, 11) is 1.94. The van der Waals surface area contributed by atoms with Crippen LogP contribution in [0, 0.1) is 0 Å². The topological polar surface area (TPSA) is 41.6 Å². The Labute approximate surface area is 121 Å². The second-order valence-corrected chi connectivity index (χ2v) is 5.19. The van der Waals surface area contributed by atoms with Gasteiger partial charge in [0.25, 0.3) is 0 Å². The minimum absolute atomic E-state index is 0.229. The van der Waals surface area contributed by atoms with E-state index in [0.29, 0.717) is 19.1 Å². The van der Waals surface area contributed by atoms with Crippen LogP contribution < -0.4 is 10.1 Å². The van der Waals surface area contributed by atoms with Crippen molar-refractivity contribution in [2.45, 2.75) is 32.2 Å². The van der Waals surface area contributed by atoms with Gasteiger partial charge in [0, 0.05) is 19.1 Å². The van der Waals surface area contributed by atoms with E-state index in [1.807, 2.05) is 43.1 Å². The van der Waals surface area contributed by atoms with E-state index < -0.39 is 0 Å². The SMILES string of the molecule is CCOc1ccc(CC(=O)N2CCCC2CNC)cc1. The van der Waals surface area contributed by atoms with Crippen molar-refractivity contribution in [1.29, 1.82) is 0 Å². The number of amides is 1. The van der Waals surface area contributed by atoms with E-state index in [-0.39, 0.29) is 5.91 Å². The summed E-state index contributed by atoms with van der Waals surface area (Å²) in [6, 6.07) is 8.18. The highest BCUT2D eigenvalue weighted by Crippen LogP contribution is 2.19. The molecule has 0 aromatic heterocycles. The molecule has 1 aromatic carbocycles. The number of nitrogens with one attached hydrogen (secondary N) is 1. The highest BCUT2D eigenvalue weighted by molar-refractivity contribution is 5.79. The van der Waals surface area contributed by atoms with Gasteiger partial charge >= 0.3 is 0 Å². The molecule has 0 saturated carbocycles. The number of likely N-dealkylation sites (tertiary alicyclic amines) is 1. The summed E-state index contributed by atoms with van der Waals surface area (Å²) in [6.07, 6.45) is 2.70. The monoisotopic (exact) mass is 276 g/mol. The molecule has 0 radical (unpaired) electrons. The maximum atomic E-state index is 12.4. The molecule has 1 N–H and O–H groups in total. The molecule has 1 heterocycles. The molecule has 1 fully saturated rings. The fraction of sp³-hybridized carbons (Fsp3) is 0.562. The van der Waals surface area contributed by atoms with Gasteiger partial charge in [0.15, 0.2) is 0 Å². The van der Waals surface area contributed by atoms with E-state index in [2.05, 4.69) is 5.32 Å². The van der Waals surface area contributed by atoms with E-state index in [1.54, 1.807) is 0 Å². The maximum absolute atomic E-state index is 12.4. The predicted octanol–water partition coefficient (Wildman–Crippen LogP) is 1.84. The van der Waals surface area contributed by atoms with Crippen LogP contribution in [-0.4, -0.2) is 43.6 Å². The number of carbonyl (C=O) groups is 1. The van der Waals surface area contributed by atoms with Gasteiger partial charge < -0.3 is 15.0 Å². The zero-order valence-corrected chi connectivity index (χ0v) is 12.4. The molecule has 1 aliphatic heterocycles. The lowest BCUT2D eigenvalue weighted by atomic mass is 10.1. The molecule has 1 aromatic rings. The van der Waals surface area contributed by atoms with E-state index in [4.69, 9.17) is 4.74 Å². The lowest BCUT2D eigenvalue weighted by Crippen LogP contribution is -2.41. The molecule has 1 atom stereocenters. The number of benzene rings is 1. The Balaban J connectivity index is 1.93. The Morgan fingerprint density at radius 1 is 1.40 bits per heavy atom. The first-order chi connectivity index (χ1) is 9.74. The van der Waals surface area contributed by atoms with Crippen molar-refractivity contribution in [3.05, 3.63) is 29.8 Å². The quantitative estimate of drug-likeness (QED) is 0.862. The number of likely N-dealkylation sites (N-methyl/N-ethyl adjacent to an activating group) is 1. The summed E-state index contributed by atoms with van der Waals surface area (Å²) in [5.74, 6) is 1.09. The first-order valence-corrected chi connectivity index (χ1v) is 7.40. The lowest BCUT2D eigenvalue weighted by Gasteiger charge is -2.24. The van der Waals surface area contributed by atoms with Crippen LogP contribution in [0.15, 0.2) is 24.3 Å². The van der Waals surface area contributed by atoms with Gasteiger partial charge in [-0.2, -0.15) is 0 Å². The van der Waals surface area contributed by atoms with Gasteiger partial charge in [-0.3, -0.25) is 4.79 Å². The van der Waals surface area contributed by atoms with Crippen LogP contribution in [0.1, 0.15) is 25.3 Å². The number of carbonyl (C=O) groups excluding carboxylic acids is 1. The van der Waals surface area contributed by atoms with E-state index in [1.165, 1.54) is 0 Å². The minimum atomic E-state index is 0.229. The number of nitrogens with zero attached hydrogens (tertiary/aromatic N) is 1. The van der Waals surface area contributed by atoms with E-state index in [0.717, 1.165) is 37.2 Å². The summed E-state index contributed by atoms with van der Waals surface area (Å²) >= 11 is 0. The van der Waals surface area contributed by atoms with Crippen molar-refractivity contribution < 1.29 is 9.53 Å². The molecule has 1 aliphatic rings. The third-order valence-electron chi connectivity index (χ3n) is 3.73. The van der Waals surface area contributed by atoms with Gasteiger partial charge in [-0.1, -0.05) is 12.1 Å². The molecule has 1 unspecified atom stereocenters. The van der Waals surface area contributed by atoms with Crippen molar-refractivity contribution in [3.8, 4) is 5.75 Å².